The Morgan fingerprint density at radius 1 is 1.29 bits per heavy atom. The molecule has 1 aromatic carbocycles. The fourth-order valence-corrected chi connectivity index (χ4v) is 5.31. The summed E-state index contributed by atoms with van der Waals surface area (Å²) in [6.45, 7) is 1.23. The second kappa shape index (κ2) is 7.91. The van der Waals surface area contributed by atoms with Gasteiger partial charge in [-0.3, -0.25) is 4.79 Å². The van der Waals surface area contributed by atoms with Gasteiger partial charge in [0.25, 0.3) is 0 Å². The minimum absolute atomic E-state index is 0.0830. The number of carboxylic acids is 1. The van der Waals surface area contributed by atoms with Crippen molar-refractivity contribution in [1.29, 1.82) is 0 Å². The number of amides is 2. The number of carbonyl (C=O) groups is 2. The molecular weight excluding hydrogens is 374 g/mol. The number of carboxylic acid groups (broad SMARTS) is 1. The van der Waals surface area contributed by atoms with Crippen LogP contribution < -0.4 is 5.32 Å². The van der Waals surface area contributed by atoms with Crippen LogP contribution in [0.3, 0.4) is 0 Å². The SMILES string of the molecule is O=C(NCc1csc(CCc2ccccc2)n1)N1C[C@@H]2CCC[C@@]2(C(=O)O)C1. The smallest absolute Gasteiger partial charge is 0.317 e. The number of aliphatic carboxylic acids is 1. The van der Waals surface area contributed by atoms with Crippen LogP contribution in [-0.4, -0.2) is 40.1 Å². The third-order valence-electron chi connectivity index (χ3n) is 6.07. The average Bonchev–Trinajstić information content (AvgIpc) is 3.39. The van der Waals surface area contributed by atoms with Gasteiger partial charge < -0.3 is 15.3 Å². The molecule has 1 aromatic heterocycles. The van der Waals surface area contributed by atoms with Crippen molar-refractivity contribution < 1.29 is 14.7 Å². The molecule has 4 rings (SSSR count). The summed E-state index contributed by atoms with van der Waals surface area (Å²) < 4.78 is 0. The van der Waals surface area contributed by atoms with Crippen LogP contribution in [0.2, 0.25) is 0 Å². The van der Waals surface area contributed by atoms with E-state index in [-0.39, 0.29) is 11.9 Å². The van der Waals surface area contributed by atoms with Crippen LogP contribution in [0.5, 0.6) is 0 Å². The molecule has 2 atom stereocenters. The minimum atomic E-state index is -0.757. The number of nitrogens with zero attached hydrogens (tertiary/aromatic N) is 2. The van der Waals surface area contributed by atoms with Gasteiger partial charge in [-0.25, -0.2) is 9.78 Å². The van der Waals surface area contributed by atoms with Crippen molar-refractivity contribution in [3.05, 3.63) is 52.0 Å². The molecular formula is C21H25N3O3S. The fourth-order valence-electron chi connectivity index (χ4n) is 4.51. The molecule has 7 heteroatoms. The number of likely N-dealkylation sites (tertiary alicyclic amines) is 1. The van der Waals surface area contributed by atoms with Crippen molar-refractivity contribution in [2.75, 3.05) is 13.1 Å². The molecule has 0 radical (unpaired) electrons. The van der Waals surface area contributed by atoms with E-state index in [2.05, 4.69) is 22.4 Å². The summed E-state index contributed by atoms with van der Waals surface area (Å²) in [4.78, 5) is 30.6. The number of hydrogen-bond acceptors (Lipinski definition) is 4. The van der Waals surface area contributed by atoms with Crippen LogP contribution in [-0.2, 0) is 24.2 Å². The van der Waals surface area contributed by atoms with Crippen LogP contribution in [0.4, 0.5) is 4.79 Å². The van der Waals surface area contributed by atoms with Gasteiger partial charge in [-0.05, 0) is 30.7 Å². The van der Waals surface area contributed by atoms with E-state index in [9.17, 15) is 14.7 Å². The average molecular weight is 400 g/mol. The molecule has 2 fully saturated rings. The van der Waals surface area contributed by atoms with Crippen LogP contribution >= 0.6 is 11.3 Å². The molecule has 28 heavy (non-hydrogen) atoms. The van der Waals surface area contributed by atoms with E-state index in [1.54, 1.807) is 16.2 Å². The predicted octanol–water partition coefficient (Wildman–Crippen LogP) is 3.32. The zero-order valence-electron chi connectivity index (χ0n) is 15.8. The number of carbonyl (C=O) groups excluding carboxylic acids is 1. The highest BCUT2D eigenvalue weighted by Gasteiger charge is 2.55. The van der Waals surface area contributed by atoms with Crippen LogP contribution in [0.15, 0.2) is 35.7 Å². The zero-order chi connectivity index (χ0) is 19.6. The van der Waals surface area contributed by atoms with Gasteiger partial charge in [0.1, 0.15) is 0 Å². The predicted molar refractivity (Wildman–Crippen MR) is 107 cm³/mol. The van der Waals surface area contributed by atoms with Crippen molar-refractivity contribution in [2.45, 2.75) is 38.6 Å². The molecule has 0 bridgehead atoms. The van der Waals surface area contributed by atoms with E-state index in [1.807, 2.05) is 23.6 Å². The van der Waals surface area contributed by atoms with E-state index < -0.39 is 11.4 Å². The molecule has 1 aliphatic carbocycles. The van der Waals surface area contributed by atoms with E-state index in [0.717, 1.165) is 36.4 Å². The van der Waals surface area contributed by atoms with Crippen LogP contribution in [0, 0.1) is 11.3 Å². The molecule has 1 aliphatic heterocycles. The number of thiazole rings is 1. The number of urea groups is 1. The van der Waals surface area contributed by atoms with Gasteiger partial charge in [-0.1, -0.05) is 36.8 Å². The minimum Gasteiger partial charge on any atom is -0.481 e. The molecule has 2 N–H and O–H groups in total. The first-order valence-corrected chi connectivity index (χ1v) is 10.7. The molecule has 2 amide bonds. The second-order valence-corrected chi connectivity index (χ2v) is 8.75. The van der Waals surface area contributed by atoms with Gasteiger partial charge in [0.2, 0.25) is 0 Å². The van der Waals surface area contributed by atoms with Crippen molar-refractivity contribution in [3.63, 3.8) is 0 Å². The van der Waals surface area contributed by atoms with Crippen molar-refractivity contribution in [2.24, 2.45) is 11.3 Å². The highest BCUT2D eigenvalue weighted by molar-refractivity contribution is 7.09. The van der Waals surface area contributed by atoms with E-state index in [0.29, 0.717) is 26.1 Å². The van der Waals surface area contributed by atoms with Gasteiger partial charge in [-0.15, -0.1) is 11.3 Å². The largest absolute Gasteiger partial charge is 0.481 e. The lowest BCUT2D eigenvalue weighted by Crippen LogP contribution is -2.41. The third-order valence-corrected chi connectivity index (χ3v) is 7.03. The summed E-state index contributed by atoms with van der Waals surface area (Å²) in [5.41, 5.74) is 1.41. The standard InChI is InChI=1S/C21H25N3O3S/c25-19(26)21-10-4-7-16(21)12-24(14-21)20(27)22-11-17-13-28-18(23-17)9-8-15-5-2-1-3-6-15/h1-3,5-6,13,16H,4,7-12,14H2,(H,22,27)(H,25,26)/t16-,21+/m0/s1. The van der Waals surface area contributed by atoms with Gasteiger partial charge in [0.15, 0.2) is 0 Å². The number of hydrogen-bond donors (Lipinski definition) is 2. The summed E-state index contributed by atoms with van der Waals surface area (Å²) >= 11 is 1.62. The van der Waals surface area contributed by atoms with Gasteiger partial charge in [0, 0.05) is 24.9 Å². The highest BCUT2D eigenvalue weighted by Crippen LogP contribution is 2.48. The van der Waals surface area contributed by atoms with Gasteiger partial charge >= 0.3 is 12.0 Å². The maximum atomic E-state index is 12.5. The maximum Gasteiger partial charge on any atom is 0.317 e. The second-order valence-electron chi connectivity index (χ2n) is 7.81. The molecule has 1 saturated heterocycles. The molecule has 0 unspecified atom stereocenters. The lowest BCUT2D eigenvalue weighted by Gasteiger charge is -2.23. The molecule has 2 heterocycles. The van der Waals surface area contributed by atoms with Crippen LogP contribution in [0.1, 0.15) is 35.5 Å². The molecule has 2 aliphatic rings. The Balaban J connectivity index is 1.28. The molecule has 148 valence electrons. The van der Waals surface area contributed by atoms with E-state index >= 15 is 0 Å². The van der Waals surface area contributed by atoms with E-state index in [1.165, 1.54) is 5.56 Å². The number of aryl methyl sites for hydroxylation is 2. The molecule has 6 nitrogen and oxygen atoms in total. The number of benzene rings is 1. The third kappa shape index (κ3) is 3.76. The summed E-state index contributed by atoms with van der Waals surface area (Å²) in [5, 5.41) is 15.6. The number of fused-ring (bicyclic) bond motifs is 1. The molecule has 1 saturated carbocycles. The summed E-state index contributed by atoms with van der Waals surface area (Å²) in [7, 11) is 0. The van der Waals surface area contributed by atoms with Gasteiger partial charge in [-0.2, -0.15) is 0 Å². The van der Waals surface area contributed by atoms with E-state index in [4.69, 9.17) is 0 Å². The summed E-state index contributed by atoms with van der Waals surface area (Å²) in [5.74, 6) is -0.674. The quantitative estimate of drug-likeness (QED) is 0.781. The molecule has 2 aromatic rings. The first kappa shape index (κ1) is 18.9. The maximum absolute atomic E-state index is 12.5. The van der Waals surface area contributed by atoms with Crippen molar-refractivity contribution in [3.8, 4) is 0 Å². The number of aromatic nitrogens is 1. The summed E-state index contributed by atoms with van der Waals surface area (Å²) in [6, 6.07) is 10.1. The summed E-state index contributed by atoms with van der Waals surface area (Å²) in [6.07, 6.45) is 4.35. The van der Waals surface area contributed by atoms with Crippen molar-refractivity contribution >= 4 is 23.3 Å². The first-order valence-electron chi connectivity index (χ1n) is 9.80. The highest BCUT2D eigenvalue weighted by atomic mass is 32.1. The number of rotatable bonds is 6. The van der Waals surface area contributed by atoms with Gasteiger partial charge in [0.05, 0.1) is 22.7 Å². The van der Waals surface area contributed by atoms with Crippen molar-refractivity contribution in [1.82, 2.24) is 15.2 Å². The zero-order valence-corrected chi connectivity index (χ0v) is 16.6. The fraction of sp³-hybridized carbons (Fsp3) is 0.476. The molecule has 0 spiro atoms. The Labute approximate surface area is 168 Å². The lowest BCUT2D eigenvalue weighted by atomic mass is 9.81. The monoisotopic (exact) mass is 399 g/mol. The first-order chi connectivity index (χ1) is 13.6. The normalized spacial score (nSPS) is 23.6. The Bertz CT molecular complexity index is 854. The topological polar surface area (TPSA) is 82.5 Å². The van der Waals surface area contributed by atoms with Crippen LogP contribution in [0.25, 0.3) is 0 Å². The Hall–Kier alpha value is -2.41. The Morgan fingerprint density at radius 2 is 2.11 bits per heavy atom. The Morgan fingerprint density at radius 3 is 2.86 bits per heavy atom. The number of nitrogens with one attached hydrogen (secondary N) is 1. The Kier molecular flexibility index (Phi) is 5.35. The lowest BCUT2D eigenvalue weighted by molar-refractivity contribution is -0.149.